The Kier molecular flexibility index (Phi) is 4.71. The van der Waals surface area contributed by atoms with Gasteiger partial charge in [-0.1, -0.05) is 0 Å². The molecule has 8 nitrogen and oxygen atoms in total. The highest BCUT2D eigenvalue weighted by molar-refractivity contribution is 7.89. The van der Waals surface area contributed by atoms with E-state index >= 15 is 0 Å². The van der Waals surface area contributed by atoms with Crippen LogP contribution < -0.4 is 10.5 Å². The third-order valence-electron chi connectivity index (χ3n) is 2.60. The molecule has 6 N–H and O–H groups in total. The summed E-state index contributed by atoms with van der Waals surface area (Å²) in [4.78, 5) is 10.5. The molecule has 0 amide bonds. The predicted molar refractivity (Wildman–Crippen MR) is 70.7 cm³/mol. The Bertz CT molecular complexity index is 609. The second kappa shape index (κ2) is 5.75. The van der Waals surface area contributed by atoms with Crippen LogP contribution in [-0.4, -0.2) is 48.5 Å². The van der Waals surface area contributed by atoms with Crippen LogP contribution in [0.2, 0.25) is 0 Å². The summed E-state index contributed by atoms with van der Waals surface area (Å²) in [5.74, 6) is -1.43. The van der Waals surface area contributed by atoms with E-state index in [9.17, 15) is 13.2 Å². The van der Waals surface area contributed by atoms with E-state index in [4.69, 9.17) is 21.1 Å². The number of carboxylic acid groups (broad SMARTS) is 1. The molecular formula is C11H16N2O6S. The molecule has 0 aliphatic carbocycles. The quantitative estimate of drug-likeness (QED) is 0.422. The molecule has 0 bridgehead atoms. The third-order valence-corrected chi connectivity index (χ3v) is 4.28. The highest BCUT2D eigenvalue weighted by atomic mass is 32.2. The van der Waals surface area contributed by atoms with Gasteiger partial charge in [-0.05, 0) is 25.1 Å². The Morgan fingerprint density at radius 2 is 1.90 bits per heavy atom. The Labute approximate surface area is 115 Å². The number of carboxylic acids is 1. The lowest BCUT2D eigenvalue weighted by atomic mass is 10.1. The maximum absolute atomic E-state index is 12.2. The number of aliphatic hydroxyl groups is 2. The standard InChI is InChI=1S/C11H16N2O6S/c1-11(5-14,6-15)13-20(18,19)9-4-7(12)2-3-8(9)10(16)17/h2-4,13-15H,5-6,12H2,1H3,(H,16,17). The fourth-order valence-electron chi connectivity index (χ4n) is 1.43. The smallest absolute Gasteiger partial charge is 0.337 e. The summed E-state index contributed by atoms with van der Waals surface area (Å²) < 4.78 is 26.4. The van der Waals surface area contributed by atoms with Crippen LogP contribution in [0.25, 0.3) is 0 Å². The fraction of sp³-hybridized carbons (Fsp3) is 0.364. The summed E-state index contributed by atoms with van der Waals surface area (Å²) >= 11 is 0. The number of aliphatic hydroxyl groups excluding tert-OH is 2. The molecule has 0 aliphatic rings. The van der Waals surface area contributed by atoms with E-state index in [0.717, 1.165) is 12.1 Å². The summed E-state index contributed by atoms with van der Waals surface area (Å²) in [6.45, 7) is -0.0435. The lowest BCUT2D eigenvalue weighted by Gasteiger charge is -2.26. The minimum atomic E-state index is -4.27. The van der Waals surface area contributed by atoms with Gasteiger partial charge in [-0.2, -0.15) is 0 Å². The number of benzene rings is 1. The molecule has 0 saturated heterocycles. The number of rotatable bonds is 6. The van der Waals surface area contributed by atoms with Gasteiger partial charge in [-0.25, -0.2) is 17.9 Å². The molecular weight excluding hydrogens is 288 g/mol. The van der Waals surface area contributed by atoms with Crippen LogP contribution in [0.1, 0.15) is 17.3 Å². The first-order valence-corrected chi connectivity index (χ1v) is 7.02. The number of hydrogen-bond donors (Lipinski definition) is 5. The van der Waals surface area contributed by atoms with Crippen molar-refractivity contribution in [1.29, 1.82) is 0 Å². The predicted octanol–water partition coefficient (Wildman–Crippen LogP) is -1.01. The third kappa shape index (κ3) is 3.45. The fourth-order valence-corrected chi connectivity index (χ4v) is 3.06. The van der Waals surface area contributed by atoms with Crippen LogP contribution in [0.5, 0.6) is 0 Å². The van der Waals surface area contributed by atoms with Crippen molar-refractivity contribution in [2.45, 2.75) is 17.4 Å². The topological polar surface area (TPSA) is 150 Å². The van der Waals surface area contributed by atoms with Crippen molar-refractivity contribution in [3.05, 3.63) is 23.8 Å². The van der Waals surface area contributed by atoms with Gasteiger partial charge in [0.2, 0.25) is 10.0 Å². The molecule has 20 heavy (non-hydrogen) atoms. The maximum Gasteiger partial charge on any atom is 0.337 e. The van der Waals surface area contributed by atoms with Gasteiger partial charge in [0.05, 0.1) is 29.2 Å². The highest BCUT2D eigenvalue weighted by Crippen LogP contribution is 2.21. The molecule has 0 unspecified atom stereocenters. The van der Waals surface area contributed by atoms with E-state index in [-0.39, 0.29) is 5.69 Å². The molecule has 0 heterocycles. The van der Waals surface area contributed by atoms with Gasteiger partial charge in [0.15, 0.2) is 0 Å². The van der Waals surface area contributed by atoms with E-state index in [1.165, 1.54) is 13.0 Å². The van der Waals surface area contributed by atoms with Gasteiger partial charge in [0, 0.05) is 5.69 Å². The number of nitrogens with two attached hydrogens (primary N) is 1. The SMILES string of the molecule is CC(CO)(CO)NS(=O)(=O)c1cc(N)ccc1C(=O)O. The largest absolute Gasteiger partial charge is 0.478 e. The zero-order valence-corrected chi connectivity index (χ0v) is 11.5. The van der Waals surface area contributed by atoms with Crippen molar-refractivity contribution in [2.24, 2.45) is 0 Å². The first-order chi connectivity index (χ1) is 9.15. The molecule has 0 aromatic heterocycles. The lowest BCUT2D eigenvalue weighted by molar-refractivity contribution is 0.0692. The van der Waals surface area contributed by atoms with E-state index in [2.05, 4.69) is 4.72 Å². The van der Waals surface area contributed by atoms with Crippen molar-refractivity contribution in [1.82, 2.24) is 4.72 Å². The van der Waals surface area contributed by atoms with E-state index in [1.54, 1.807) is 0 Å². The van der Waals surface area contributed by atoms with Crippen LogP contribution in [0.15, 0.2) is 23.1 Å². The van der Waals surface area contributed by atoms with Gasteiger partial charge in [-0.15, -0.1) is 0 Å². The number of nitrogen functional groups attached to an aromatic ring is 1. The number of aromatic carboxylic acids is 1. The first-order valence-electron chi connectivity index (χ1n) is 5.54. The second-order valence-corrected chi connectivity index (χ2v) is 6.19. The molecule has 0 atom stereocenters. The number of hydrogen-bond acceptors (Lipinski definition) is 6. The van der Waals surface area contributed by atoms with Gasteiger partial charge in [0.25, 0.3) is 0 Å². The summed E-state index contributed by atoms with van der Waals surface area (Å²) in [6.07, 6.45) is 0. The zero-order valence-electron chi connectivity index (χ0n) is 10.7. The average Bonchev–Trinajstić information content (AvgIpc) is 2.37. The Morgan fingerprint density at radius 1 is 1.35 bits per heavy atom. The highest BCUT2D eigenvalue weighted by Gasteiger charge is 2.32. The zero-order chi connectivity index (χ0) is 15.6. The monoisotopic (exact) mass is 304 g/mol. The number of sulfonamides is 1. The van der Waals surface area contributed by atoms with Crippen molar-refractivity contribution < 1.29 is 28.5 Å². The number of carbonyl (C=O) groups is 1. The van der Waals surface area contributed by atoms with Crippen molar-refractivity contribution in [3.63, 3.8) is 0 Å². The van der Waals surface area contributed by atoms with Crippen molar-refractivity contribution in [2.75, 3.05) is 18.9 Å². The van der Waals surface area contributed by atoms with Crippen LogP contribution in [-0.2, 0) is 10.0 Å². The molecule has 0 spiro atoms. The molecule has 1 aromatic rings. The summed E-state index contributed by atoms with van der Waals surface area (Å²) in [6, 6.07) is 3.34. The van der Waals surface area contributed by atoms with Crippen molar-refractivity contribution in [3.8, 4) is 0 Å². The first kappa shape index (κ1) is 16.4. The molecule has 112 valence electrons. The summed E-state index contributed by atoms with van der Waals surface area (Å²) in [7, 11) is -4.27. The van der Waals surface area contributed by atoms with Crippen LogP contribution in [0.3, 0.4) is 0 Å². The molecule has 1 rings (SSSR count). The Balaban J connectivity index is 3.35. The number of nitrogens with one attached hydrogen (secondary N) is 1. The van der Waals surface area contributed by atoms with E-state index in [1.807, 2.05) is 0 Å². The lowest BCUT2D eigenvalue weighted by Crippen LogP contribution is -2.51. The van der Waals surface area contributed by atoms with Gasteiger partial charge >= 0.3 is 5.97 Å². The molecule has 0 radical (unpaired) electrons. The van der Waals surface area contributed by atoms with Gasteiger partial charge < -0.3 is 21.1 Å². The Hall–Kier alpha value is -1.68. The normalized spacial score (nSPS) is 12.3. The van der Waals surface area contributed by atoms with Gasteiger partial charge in [0.1, 0.15) is 0 Å². The number of anilines is 1. The van der Waals surface area contributed by atoms with Crippen LogP contribution in [0.4, 0.5) is 5.69 Å². The van der Waals surface area contributed by atoms with Crippen LogP contribution in [0, 0.1) is 0 Å². The molecule has 9 heteroatoms. The molecule has 0 fully saturated rings. The van der Waals surface area contributed by atoms with E-state index < -0.39 is 45.2 Å². The molecule has 0 saturated carbocycles. The minimum absolute atomic E-state index is 0.0741. The molecule has 1 aromatic carbocycles. The average molecular weight is 304 g/mol. The minimum Gasteiger partial charge on any atom is -0.478 e. The van der Waals surface area contributed by atoms with E-state index in [0.29, 0.717) is 0 Å². The Morgan fingerprint density at radius 3 is 2.35 bits per heavy atom. The summed E-state index contributed by atoms with van der Waals surface area (Å²) in [5, 5.41) is 27.2. The summed E-state index contributed by atoms with van der Waals surface area (Å²) in [5.41, 5.74) is 3.57. The maximum atomic E-state index is 12.2. The van der Waals surface area contributed by atoms with Gasteiger partial charge in [-0.3, -0.25) is 0 Å². The second-order valence-electron chi connectivity index (χ2n) is 4.54. The molecule has 0 aliphatic heterocycles. The van der Waals surface area contributed by atoms with Crippen LogP contribution >= 0.6 is 0 Å². The van der Waals surface area contributed by atoms with Crippen molar-refractivity contribution >= 4 is 21.7 Å².